The van der Waals surface area contributed by atoms with E-state index in [1.165, 1.54) is 12.3 Å². The van der Waals surface area contributed by atoms with Crippen LogP contribution in [0.3, 0.4) is 0 Å². The molecule has 0 aromatic heterocycles. The average Bonchev–Trinajstić information content (AvgIpc) is 2.50. The van der Waals surface area contributed by atoms with Gasteiger partial charge in [0.15, 0.2) is 9.84 Å². The summed E-state index contributed by atoms with van der Waals surface area (Å²) in [5, 5.41) is 0. The Kier molecular flexibility index (Phi) is 1.92. The largest absolute Gasteiger partial charge is 0.491 e. The molecule has 1 aromatic carbocycles. The summed E-state index contributed by atoms with van der Waals surface area (Å²) in [7, 11) is -3.18. The zero-order chi connectivity index (χ0) is 10.3. The summed E-state index contributed by atoms with van der Waals surface area (Å²) in [4.78, 5) is 0.333. The van der Waals surface area contributed by atoms with Gasteiger partial charge in [0.1, 0.15) is 5.75 Å². The van der Waals surface area contributed by atoms with Crippen LogP contribution in [0.15, 0.2) is 17.0 Å². The van der Waals surface area contributed by atoms with Gasteiger partial charge in [-0.1, -0.05) is 0 Å². The number of benzene rings is 1. The van der Waals surface area contributed by atoms with Crippen molar-refractivity contribution in [2.24, 2.45) is 0 Å². The standard InChI is InChI=1S/C9H11NO3S/c1-14(11,12)8-3-2-7(10)9-6(8)4-5-13-9/h2-3H,4-5,10H2,1H3. The molecule has 0 aliphatic carbocycles. The molecule has 0 saturated carbocycles. The number of hydrogen-bond donors (Lipinski definition) is 1. The molecule has 1 aliphatic rings. The van der Waals surface area contributed by atoms with Crippen LogP contribution in [-0.2, 0) is 16.3 Å². The summed E-state index contributed by atoms with van der Waals surface area (Å²) in [5.74, 6) is 0.535. The van der Waals surface area contributed by atoms with E-state index in [1.807, 2.05) is 0 Å². The predicted octanol–water partition coefficient (Wildman–Crippen LogP) is 0.607. The van der Waals surface area contributed by atoms with E-state index < -0.39 is 9.84 Å². The first-order chi connectivity index (χ1) is 6.50. The molecule has 0 spiro atoms. The number of rotatable bonds is 1. The first-order valence-electron chi connectivity index (χ1n) is 4.24. The minimum Gasteiger partial charge on any atom is -0.491 e. The summed E-state index contributed by atoms with van der Waals surface area (Å²) < 4.78 is 28.1. The lowest BCUT2D eigenvalue weighted by atomic mass is 10.1. The Morgan fingerprint density at radius 3 is 2.79 bits per heavy atom. The van der Waals surface area contributed by atoms with E-state index in [0.717, 1.165) is 0 Å². The van der Waals surface area contributed by atoms with Crippen LogP contribution in [0.25, 0.3) is 0 Å². The van der Waals surface area contributed by atoms with Gasteiger partial charge < -0.3 is 10.5 Å². The second kappa shape index (κ2) is 2.88. The highest BCUT2D eigenvalue weighted by atomic mass is 32.2. The van der Waals surface area contributed by atoms with Crippen molar-refractivity contribution in [1.29, 1.82) is 0 Å². The number of fused-ring (bicyclic) bond motifs is 1. The lowest BCUT2D eigenvalue weighted by Gasteiger charge is -2.07. The van der Waals surface area contributed by atoms with Gasteiger partial charge in [0.2, 0.25) is 0 Å². The fourth-order valence-corrected chi connectivity index (χ4v) is 2.60. The Hall–Kier alpha value is -1.23. The van der Waals surface area contributed by atoms with Gasteiger partial charge in [-0.2, -0.15) is 0 Å². The third-order valence-corrected chi connectivity index (χ3v) is 3.43. The Morgan fingerprint density at radius 1 is 1.43 bits per heavy atom. The van der Waals surface area contributed by atoms with E-state index in [1.54, 1.807) is 6.07 Å². The molecule has 14 heavy (non-hydrogen) atoms. The number of hydrogen-bond acceptors (Lipinski definition) is 4. The van der Waals surface area contributed by atoms with Crippen LogP contribution >= 0.6 is 0 Å². The van der Waals surface area contributed by atoms with Crippen LogP contribution in [-0.4, -0.2) is 21.3 Å². The van der Waals surface area contributed by atoms with Crippen LogP contribution in [0.2, 0.25) is 0 Å². The fraction of sp³-hybridized carbons (Fsp3) is 0.333. The van der Waals surface area contributed by atoms with Crippen LogP contribution in [0, 0.1) is 0 Å². The molecule has 1 heterocycles. The minimum atomic E-state index is -3.18. The van der Waals surface area contributed by atoms with Crippen molar-refractivity contribution < 1.29 is 13.2 Å². The number of ether oxygens (including phenoxy) is 1. The topological polar surface area (TPSA) is 69.4 Å². The molecule has 1 aliphatic heterocycles. The maximum atomic E-state index is 11.4. The maximum Gasteiger partial charge on any atom is 0.175 e. The van der Waals surface area contributed by atoms with Crippen molar-refractivity contribution in [3.05, 3.63) is 17.7 Å². The molecule has 2 rings (SSSR count). The Balaban J connectivity index is 2.72. The first-order valence-corrected chi connectivity index (χ1v) is 6.13. The number of nitrogen functional groups attached to an aromatic ring is 1. The monoisotopic (exact) mass is 213 g/mol. The van der Waals surface area contributed by atoms with Gasteiger partial charge in [0, 0.05) is 18.2 Å². The smallest absolute Gasteiger partial charge is 0.175 e. The average molecular weight is 213 g/mol. The van der Waals surface area contributed by atoms with Gasteiger partial charge in [0.25, 0.3) is 0 Å². The second-order valence-electron chi connectivity index (χ2n) is 3.33. The Labute approximate surface area is 82.6 Å². The van der Waals surface area contributed by atoms with Gasteiger partial charge in [-0.05, 0) is 12.1 Å². The summed E-state index contributed by atoms with van der Waals surface area (Å²) in [6, 6.07) is 3.11. The van der Waals surface area contributed by atoms with Gasteiger partial charge in [-0.3, -0.25) is 0 Å². The summed E-state index contributed by atoms with van der Waals surface area (Å²) in [5.41, 5.74) is 6.88. The molecule has 0 fully saturated rings. The zero-order valence-corrected chi connectivity index (χ0v) is 8.60. The zero-order valence-electron chi connectivity index (χ0n) is 7.78. The molecular formula is C9H11NO3S. The molecule has 4 nitrogen and oxygen atoms in total. The van der Waals surface area contributed by atoms with Crippen molar-refractivity contribution >= 4 is 15.5 Å². The molecule has 1 aromatic rings. The van der Waals surface area contributed by atoms with Gasteiger partial charge in [-0.25, -0.2) is 8.42 Å². The first kappa shape index (κ1) is 9.33. The summed E-state index contributed by atoms with van der Waals surface area (Å²) >= 11 is 0. The van der Waals surface area contributed by atoms with Crippen molar-refractivity contribution in [3.8, 4) is 5.75 Å². The molecule has 0 amide bonds. The molecule has 5 heteroatoms. The van der Waals surface area contributed by atoms with Gasteiger partial charge >= 0.3 is 0 Å². The lowest BCUT2D eigenvalue weighted by molar-refractivity contribution is 0.358. The molecule has 0 saturated heterocycles. The van der Waals surface area contributed by atoms with E-state index in [2.05, 4.69) is 0 Å². The lowest BCUT2D eigenvalue weighted by Crippen LogP contribution is -2.02. The second-order valence-corrected chi connectivity index (χ2v) is 5.32. The highest BCUT2D eigenvalue weighted by Crippen LogP contribution is 2.36. The quantitative estimate of drug-likeness (QED) is 0.694. The van der Waals surface area contributed by atoms with Crippen LogP contribution in [0.5, 0.6) is 5.75 Å². The normalized spacial score (nSPS) is 14.9. The molecular weight excluding hydrogens is 202 g/mol. The van der Waals surface area contributed by atoms with E-state index >= 15 is 0 Å². The highest BCUT2D eigenvalue weighted by Gasteiger charge is 2.23. The molecule has 0 radical (unpaired) electrons. The highest BCUT2D eigenvalue weighted by molar-refractivity contribution is 7.90. The van der Waals surface area contributed by atoms with Crippen LogP contribution < -0.4 is 10.5 Å². The fourth-order valence-electron chi connectivity index (χ4n) is 1.64. The SMILES string of the molecule is CS(=O)(=O)c1ccc(N)c2c1CCO2. The van der Waals surface area contributed by atoms with Gasteiger partial charge in [0.05, 0.1) is 17.2 Å². The Bertz CT molecular complexity index is 479. The number of anilines is 1. The van der Waals surface area contributed by atoms with E-state index in [9.17, 15) is 8.42 Å². The molecule has 0 bridgehead atoms. The van der Waals surface area contributed by atoms with E-state index in [4.69, 9.17) is 10.5 Å². The van der Waals surface area contributed by atoms with E-state index in [0.29, 0.717) is 34.9 Å². The molecule has 76 valence electrons. The van der Waals surface area contributed by atoms with Gasteiger partial charge in [-0.15, -0.1) is 0 Å². The molecule has 0 unspecified atom stereocenters. The molecule has 2 N–H and O–H groups in total. The van der Waals surface area contributed by atoms with Crippen LogP contribution in [0.1, 0.15) is 5.56 Å². The Morgan fingerprint density at radius 2 is 2.14 bits per heavy atom. The minimum absolute atomic E-state index is 0.333. The van der Waals surface area contributed by atoms with E-state index in [-0.39, 0.29) is 0 Å². The summed E-state index contributed by atoms with van der Waals surface area (Å²) in [6.45, 7) is 0.506. The predicted molar refractivity (Wildman–Crippen MR) is 53.2 cm³/mol. The third-order valence-electron chi connectivity index (χ3n) is 2.25. The van der Waals surface area contributed by atoms with Crippen molar-refractivity contribution in [2.45, 2.75) is 11.3 Å². The number of sulfone groups is 1. The van der Waals surface area contributed by atoms with Crippen molar-refractivity contribution in [1.82, 2.24) is 0 Å². The molecule has 0 atom stereocenters. The number of nitrogens with two attached hydrogens (primary N) is 1. The maximum absolute atomic E-state index is 11.4. The van der Waals surface area contributed by atoms with Crippen LogP contribution in [0.4, 0.5) is 5.69 Å². The van der Waals surface area contributed by atoms with Crippen molar-refractivity contribution in [2.75, 3.05) is 18.6 Å². The third kappa shape index (κ3) is 1.33. The van der Waals surface area contributed by atoms with Crippen molar-refractivity contribution in [3.63, 3.8) is 0 Å². The summed E-state index contributed by atoms with van der Waals surface area (Å²) in [6.07, 6.45) is 1.81.